The van der Waals surface area contributed by atoms with Crippen LogP contribution in [0.15, 0.2) is 78.6 Å². The molecule has 1 amide bonds. The molecule has 5 atom stereocenters. The van der Waals surface area contributed by atoms with Crippen LogP contribution in [0.1, 0.15) is 33.5 Å². The first-order chi connectivity index (χ1) is 20.8. The lowest BCUT2D eigenvalue weighted by atomic mass is 9.55. The van der Waals surface area contributed by atoms with Crippen LogP contribution < -0.4 is 5.73 Å². The highest BCUT2D eigenvalue weighted by Crippen LogP contribution is 2.51. The molecule has 226 valence electrons. The predicted molar refractivity (Wildman–Crippen MR) is 149 cm³/mol. The van der Waals surface area contributed by atoms with E-state index in [2.05, 4.69) is 0 Å². The van der Waals surface area contributed by atoms with Crippen molar-refractivity contribution in [1.82, 2.24) is 0 Å². The van der Waals surface area contributed by atoms with Crippen molar-refractivity contribution in [2.45, 2.75) is 31.2 Å². The number of aromatic hydroxyl groups is 1. The van der Waals surface area contributed by atoms with E-state index in [4.69, 9.17) is 10.5 Å². The summed E-state index contributed by atoms with van der Waals surface area (Å²) < 4.78 is 45.3. The van der Waals surface area contributed by atoms with E-state index in [1.807, 2.05) is 0 Å². The van der Waals surface area contributed by atoms with E-state index in [0.717, 1.165) is 17.7 Å². The Bertz CT molecular complexity index is 1730. The molecule has 3 aliphatic carbocycles. The number of aliphatic hydroxyl groups is 1. The summed E-state index contributed by atoms with van der Waals surface area (Å²) in [4.78, 5) is 53.8. The molecule has 0 heterocycles. The molecular formula is C33H26F3NO7. The van der Waals surface area contributed by atoms with Gasteiger partial charge in [0.25, 0.3) is 0 Å². The molecule has 2 unspecified atom stereocenters. The number of halogens is 3. The maximum atomic E-state index is 13.9. The third kappa shape index (κ3) is 4.59. The molecule has 0 radical (unpaired) electrons. The van der Waals surface area contributed by atoms with Gasteiger partial charge in [0.05, 0.1) is 17.0 Å². The highest BCUT2D eigenvalue weighted by Gasteiger charge is 2.64. The lowest BCUT2D eigenvalue weighted by molar-refractivity contribution is -0.168. The second-order valence-corrected chi connectivity index (χ2v) is 11.4. The third-order valence-corrected chi connectivity index (χ3v) is 8.85. The number of carbonyl (C=O) groups is 4. The van der Waals surface area contributed by atoms with Gasteiger partial charge in [0.1, 0.15) is 18.1 Å². The Morgan fingerprint density at radius 1 is 0.977 bits per heavy atom. The second kappa shape index (κ2) is 10.4. The van der Waals surface area contributed by atoms with Gasteiger partial charge in [-0.15, -0.1) is 0 Å². The van der Waals surface area contributed by atoms with Crippen LogP contribution >= 0.6 is 0 Å². The van der Waals surface area contributed by atoms with Gasteiger partial charge in [-0.05, 0) is 65.3 Å². The van der Waals surface area contributed by atoms with Gasteiger partial charge in [0, 0.05) is 5.92 Å². The molecule has 0 aliphatic heterocycles. The van der Waals surface area contributed by atoms with Crippen molar-refractivity contribution in [3.05, 3.63) is 101 Å². The summed E-state index contributed by atoms with van der Waals surface area (Å²) in [6.07, 6.45) is -3.17. The minimum absolute atomic E-state index is 0.0174. The fourth-order valence-corrected chi connectivity index (χ4v) is 6.73. The molecule has 1 saturated carbocycles. The summed E-state index contributed by atoms with van der Waals surface area (Å²) in [5.74, 6) is -9.90. The van der Waals surface area contributed by atoms with E-state index >= 15 is 0 Å². The van der Waals surface area contributed by atoms with Crippen LogP contribution in [0.5, 0.6) is 5.75 Å². The number of Topliss-reactive ketones (excluding diaryl/α,β-unsaturated/α-hetero) is 3. The number of hydrogen-bond donors (Lipinski definition) is 3. The van der Waals surface area contributed by atoms with Crippen LogP contribution in [-0.4, -0.2) is 39.1 Å². The number of alkyl halides is 3. The maximum Gasteiger partial charge on any atom is 0.416 e. The first kappa shape index (κ1) is 29.3. The summed E-state index contributed by atoms with van der Waals surface area (Å²) in [6.45, 7) is -0.0174. The van der Waals surface area contributed by atoms with Gasteiger partial charge in [-0.25, -0.2) is 0 Å². The van der Waals surface area contributed by atoms with Crippen molar-refractivity contribution in [1.29, 1.82) is 0 Å². The van der Waals surface area contributed by atoms with Gasteiger partial charge in [-0.2, -0.15) is 13.2 Å². The van der Waals surface area contributed by atoms with Crippen LogP contribution in [0.4, 0.5) is 13.2 Å². The van der Waals surface area contributed by atoms with E-state index in [1.54, 1.807) is 30.3 Å². The lowest BCUT2D eigenvalue weighted by Gasteiger charge is -2.48. The number of primary amides is 1. The molecule has 11 heteroatoms. The molecule has 3 aromatic rings. The van der Waals surface area contributed by atoms with Gasteiger partial charge in [-0.1, -0.05) is 48.5 Å². The molecule has 8 nitrogen and oxygen atoms in total. The standard InChI is InChI=1S/C33H26F3NO7/c34-33(35,36)19-8-6-17(7-9-19)21-10-11-23(38)26-22(21)13-18-12-20-14-24(44-15-16-4-2-1-3-5-16)27(31(37)42)30(41)32(20,43)29(40)25(18)28(26)39/h1-11,14,18,20,25,27,38,43H,12-13,15H2,(H2,37,42)/t18-,20+,25?,27?,32+/m1/s1. The van der Waals surface area contributed by atoms with Crippen LogP contribution in [0.2, 0.25) is 0 Å². The monoisotopic (exact) mass is 605 g/mol. The average molecular weight is 606 g/mol. The predicted octanol–water partition coefficient (Wildman–Crippen LogP) is 4.15. The van der Waals surface area contributed by atoms with Gasteiger partial charge in [-0.3, -0.25) is 19.2 Å². The number of ketones is 3. The molecular weight excluding hydrogens is 579 g/mol. The fourth-order valence-electron chi connectivity index (χ4n) is 6.73. The van der Waals surface area contributed by atoms with Crippen molar-refractivity contribution in [3.8, 4) is 16.9 Å². The van der Waals surface area contributed by atoms with Gasteiger partial charge < -0.3 is 20.7 Å². The normalized spacial score (nSPS) is 26.3. The maximum absolute atomic E-state index is 13.9. The molecule has 6 rings (SSSR count). The van der Waals surface area contributed by atoms with Crippen LogP contribution in [0.25, 0.3) is 11.1 Å². The van der Waals surface area contributed by atoms with Crippen LogP contribution in [0.3, 0.4) is 0 Å². The molecule has 0 bridgehead atoms. The summed E-state index contributed by atoms with van der Waals surface area (Å²) in [6, 6.07) is 15.9. The minimum atomic E-state index is -4.54. The number of benzene rings is 3. The fraction of sp³-hybridized carbons (Fsp3) is 0.273. The molecule has 0 aromatic heterocycles. The van der Waals surface area contributed by atoms with Crippen molar-refractivity contribution in [2.75, 3.05) is 0 Å². The van der Waals surface area contributed by atoms with Crippen molar-refractivity contribution in [2.24, 2.45) is 29.4 Å². The number of fused-ring (bicyclic) bond motifs is 3. The van der Waals surface area contributed by atoms with E-state index < -0.39 is 70.0 Å². The quantitative estimate of drug-likeness (QED) is 0.371. The Balaban J connectivity index is 1.39. The largest absolute Gasteiger partial charge is 0.507 e. The average Bonchev–Trinajstić information content (AvgIpc) is 2.98. The summed E-state index contributed by atoms with van der Waals surface area (Å²) in [5, 5.41) is 22.3. The summed E-state index contributed by atoms with van der Waals surface area (Å²) in [7, 11) is 0. The van der Waals surface area contributed by atoms with Gasteiger partial charge >= 0.3 is 6.18 Å². The van der Waals surface area contributed by atoms with Crippen LogP contribution in [-0.2, 0) is 38.3 Å². The smallest absolute Gasteiger partial charge is 0.416 e. The lowest BCUT2D eigenvalue weighted by Crippen LogP contribution is -2.66. The highest BCUT2D eigenvalue weighted by atomic mass is 19.4. The van der Waals surface area contributed by atoms with E-state index in [9.17, 15) is 42.6 Å². The Morgan fingerprint density at radius 3 is 2.30 bits per heavy atom. The van der Waals surface area contributed by atoms with Gasteiger partial charge in [0.15, 0.2) is 28.9 Å². The SMILES string of the molecule is NC(=O)C1C(=O)[C@@]2(O)C(=O)C3C(=O)c4c(O)ccc(-c5ccc(C(F)(F)F)cc5)c4C[C@H]3C[C@H]2C=C1OCc1ccccc1. The number of rotatable bonds is 5. The van der Waals surface area contributed by atoms with Crippen LogP contribution in [0, 0.1) is 23.7 Å². The topological polar surface area (TPSA) is 144 Å². The third-order valence-electron chi connectivity index (χ3n) is 8.85. The van der Waals surface area contributed by atoms with Gasteiger partial charge in [0.2, 0.25) is 5.91 Å². The number of hydrogen-bond acceptors (Lipinski definition) is 7. The van der Waals surface area contributed by atoms with Crippen molar-refractivity contribution in [3.63, 3.8) is 0 Å². The molecule has 3 aliphatic rings. The van der Waals surface area contributed by atoms with Crippen molar-refractivity contribution >= 4 is 23.3 Å². The first-order valence-electron chi connectivity index (χ1n) is 13.9. The summed E-state index contributed by atoms with van der Waals surface area (Å²) in [5.41, 5.74) is 3.60. The molecule has 4 N–H and O–H groups in total. The van der Waals surface area contributed by atoms with E-state index in [0.29, 0.717) is 16.7 Å². The molecule has 0 saturated heterocycles. The van der Waals surface area contributed by atoms with Crippen molar-refractivity contribution < 1.29 is 47.3 Å². The number of phenols is 1. The Hall–Kier alpha value is -4.77. The van der Waals surface area contributed by atoms with E-state index in [1.165, 1.54) is 30.3 Å². The number of nitrogens with two attached hydrogens (primary N) is 1. The first-order valence-corrected chi connectivity index (χ1v) is 13.9. The number of carbonyl (C=O) groups excluding carboxylic acids is 4. The minimum Gasteiger partial charge on any atom is -0.507 e. The summed E-state index contributed by atoms with van der Waals surface area (Å²) >= 11 is 0. The zero-order valence-electron chi connectivity index (χ0n) is 23.0. The highest BCUT2D eigenvalue weighted by molar-refractivity contribution is 6.26. The molecule has 44 heavy (non-hydrogen) atoms. The Kier molecular flexibility index (Phi) is 6.96. The second-order valence-electron chi connectivity index (χ2n) is 11.4. The number of amides is 1. The Labute approximate surface area is 248 Å². The molecule has 1 fully saturated rings. The Morgan fingerprint density at radius 2 is 1.66 bits per heavy atom. The number of phenolic OH excluding ortho intramolecular Hbond substituents is 1. The molecule has 0 spiro atoms. The zero-order chi connectivity index (χ0) is 31.6. The zero-order valence-corrected chi connectivity index (χ0v) is 23.0. The number of ether oxygens (including phenoxy) is 1. The van der Waals surface area contributed by atoms with E-state index in [-0.39, 0.29) is 30.8 Å². The molecule has 3 aromatic carbocycles.